The highest BCUT2D eigenvalue weighted by Crippen LogP contribution is 2.26. The Morgan fingerprint density at radius 3 is 2.50 bits per heavy atom. The smallest absolute Gasteiger partial charge is 0.237 e. The van der Waals surface area contributed by atoms with Gasteiger partial charge in [0.15, 0.2) is 0 Å². The number of morpholine rings is 1. The minimum atomic E-state index is 0.0388. The maximum absolute atomic E-state index is 11.2. The van der Waals surface area contributed by atoms with Gasteiger partial charge in [0.25, 0.3) is 0 Å². The Morgan fingerprint density at radius 2 is 2.00 bits per heavy atom. The Labute approximate surface area is 76.6 Å². The SMILES string of the molecule is O=C(CCl)N1CC2CCC(C1)O2. The molecule has 0 saturated carbocycles. The van der Waals surface area contributed by atoms with Crippen molar-refractivity contribution in [3.63, 3.8) is 0 Å². The van der Waals surface area contributed by atoms with Gasteiger partial charge in [-0.2, -0.15) is 0 Å². The van der Waals surface area contributed by atoms with Crippen LogP contribution in [0.15, 0.2) is 0 Å². The molecule has 0 spiro atoms. The van der Waals surface area contributed by atoms with Crippen molar-refractivity contribution in [3.05, 3.63) is 0 Å². The van der Waals surface area contributed by atoms with Crippen LogP contribution < -0.4 is 0 Å². The zero-order valence-electron chi connectivity index (χ0n) is 6.83. The fraction of sp³-hybridized carbons (Fsp3) is 0.875. The van der Waals surface area contributed by atoms with E-state index in [4.69, 9.17) is 16.3 Å². The van der Waals surface area contributed by atoms with Crippen LogP contribution in [-0.4, -0.2) is 42.0 Å². The fourth-order valence-corrected chi connectivity index (χ4v) is 2.07. The summed E-state index contributed by atoms with van der Waals surface area (Å²) in [5.74, 6) is 0.135. The topological polar surface area (TPSA) is 29.5 Å². The largest absolute Gasteiger partial charge is 0.371 e. The summed E-state index contributed by atoms with van der Waals surface area (Å²) in [6.45, 7) is 1.48. The number of fused-ring (bicyclic) bond motifs is 2. The van der Waals surface area contributed by atoms with E-state index in [9.17, 15) is 4.79 Å². The van der Waals surface area contributed by atoms with Crippen LogP contribution in [0.3, 0.4) is 0 Å². The van der Waals surface area contributed by atoms with E-state index in [0.29, 0.717) is 0 Å². The average Bonchev–Trinajstić information content (AvgIpc) is 2.44. The van der Waals surface area contributed by atoms with Gasteiger partial charge >= 0.3 is 0 Å². The Bertz CT molecular complexity index is 185. The number of halogens is 1. The van der Waals surface area contributed by atoms with Gasteiger partial charge in [-0.25, -0.2) is 0 Å². The van der Waals surface area contributed by atoms with Gasteiger partial charge in [-0.3, -0.25) is 4.79 Å². The molecule has 12 heavy (non-hydrogen) atoms. The molecule has 2 rings (SSSR count). The number of nitrogens with zero attached hydrogens (tertiary/aromatic N) is 1. The lowest BCUT2D eigenvalue weighted by molar-refractivity contribution is -0.137. The predicted octanol–water partition coefficient (Wildman–Crippen LogP) is 0.615. The zero-order valence-corrected chi connectivity index (χ0v) is 7.59. The summed E-state index contributed by atoms with van der Waals surface area (Å²) in [7, 11) is 0. The summed E-state index contributed by atoms with van der Waals surface area (Å²) >= 11 is 5.47. The van der Waals surface area contributed by atoms with E-state index in [-0.39, 0.29) is 24.0 Å². The molecule has 2 aliphatic rings. The van der Waals surface area contributed by atoms with Gasteiger partial charge in [-0.15, -0.1) is 11.6 Å². The monoisotopic (exact) mass is 189 g/mol. The molecule has 0 radical (unpaired) electrons. The number of carbonyl (C=O) groups is 1. The number of amides is 1. The second-order valence-electron chi connectivity index (χ2n) is 3.39. The molecular weight excluding hydrogens is 178 g/mol. The zero-order chi connectivity index (χ0) is 8.55. The Kier molecular flexibility index (Phi) is 2.24. The quantitative estimate of drug-likeness (QED) is 0.566. The number of hydrogen-bond acceptors (Lipinski definition) is 2. The molecule has 2 saturated heterocycles. The van der Waals surface area contributed by atoms with Crippen LogP contribution in [-0.2, 0) is 9.53 Å². The lowest BCUT2D eigenvalue weighted by atomic mass is 10.2. The average molecular weight is 190 g/mol. The third kappa shape index (κ3) is 1.43. The van der Waals surface area contributed by atoms with Crippen molar-refractivity contribution >= 4 is 17.5 Å². The molecule has 2 aliphatic heterocycles. The lowest BCUT2D eigenvalue weighted by Gasteiger charge is -2.31. The highest BCUT2D eigenvalue weighted by atomic mass is 35.5. The third-order valence-corrected chi connectivity index (χ3v) is 2.74. The molecule has 2 heterocycles. The Hall–Kier alpha value is -0.280. The number of ether oxygens (including phenoxy) is 1. The standard InChI is InChI=1S/C8H12ClNO2/c9-3-8(11)10-4-6-1-2-7(5-10)12-6/h6-7H,1-5H2. The molecule has 2 atom stereocenters. The van der Waals surface area contributed by atoms with E-state index in [1.54, 1.807) is 0 Å². The predicted molar refractivity (Wildman–Crippen MR) is 45.2 cm³/mol. The van der Waals surface area contributed by atoms with Gasteiger partial charge in [0.05, 0.1) is 12.2 Å². The van der Waals surface area contributed by atoms with E-state index in [1.165, 1.54) is 0 Å². The molecule has 2 unspecified atom stereocenters. The minimum absolute atomic E-state index is 0.0388. The van der Waals surface area contributed by atoms with E-state index < -0.39 is 0 Å². The molecule has 0 N–H and O–H groups in total. The second-order valence-corrected chi connectivity index (χ2v) is 3.66. The molecule has 4 heteroatoms. The van der Waals surface area contributed by atoms with Crippen LogP contribution in [0.4, 0.5) is 0 Å². The van der Waals surface area contributed by atoms with Crippen molar-refractivity contribution in [2.45, 2.75) is 25.0 Å². The molecule has 3 nitrogen and oxygen atoms in total. The molecule has 0 aliphatic carbocycles. The number of likely N-dealkylation sites (tertiary alicyclic amines) is 1. The summed E-state index contributed by atoms with van der Waals surface area (Å²) in [6, 6.07) is 0. The van der Waals surface area contributed by atoms with Gasteiger partial charge in [0.1, 0.15) is 5.88 Å². The fourth-order valence-electron chi connectivity index (χ4n) is 1.90. The Balaban J connectivity index is 1.98. The normalized spacial score (nSPS) is 33.9. The maximum Gasteiger partial charge on any atom is 0.237 e. The summed E-state index contributed by atoms with van der Waals surface area (Å²) in [5, 5.41) is 0. The molecule has 2 bridgehead atoms. The number of hydrogen-bond donors (Lipinski definition) is 0. The Morgan fingerprint density at radius 1 is 1.42 bits per heavy atom. The first-order chi connectivity index (χ1) is 5.79. The number of rotatable bonds is 1. The molecule has 2 fully saturated rings. The van der Waals surface area contributed by atoms with Crippen molar-refractivity contribution in [1.29, 1.82) is 0 Å². The molecule has 1 amide bonds. The van der Waals surface area contributed by atoms with Gasteiger partial charge in [0.2, 0.25) is 5.91 Å². The van der Waals surface area contributed by atoms with Crippen LogP contribution in [0.25, 0.3) is 0 Å². The van der Waals surface area contributed by atoms with Gasteiger partial charge in [-0.1, -0.05) is 0 Å². The molecule has 0 aromatic heterocycles. The van der Waals surface area contributed by atoms with E-state index in [1.807, 2.05) is 4.90 Å². The second kappa shape index (κ2) is 3.23. The van der Waals surface area contributed by atoms with Gasteiger partial charge < -0.3 is 9.64 Å². The summed E-state index contributed by atoms with van der Waals surface area (Å²) in [5.41, 5.74) is 0. The van der Waals surface area contributed by atoms with Crippen molar-refractivity contribution in [2.24, 2.45) is 0 Å². The van der Waals surface area contributed by atoms with E-state index in [0.717, 1.165) is 25.9 Å². The summed E-state index contributed by atoms with van der Waals surface area (Å²) in [4.78, 5) is 13.0. The van der Waals surface area contributed by atoms with Crippen molar-refractivity contribution in [1.82, 2.24) is 4.90 Å². The summed E-state index contributed by atoms with van der Waals surface area (Å²) < 4.78 is 5.59. The first-order valence-electron chi connectivity index (χ1n) is 4.29. The molecule has 68 valence electrons. The molecule has 0 aromatic carbocycles. The first kappa shape index (κ1) is 8.32. The highest BCUT2D eigenvalue weighted by molar-refractivity contribution is 6.27. The van der Waals surface area contributed by atoms with Crippen molar-refractivity contribution in [2.75, 3.05) is 19.0 Å². The van der Waals surface area contributed by atoms with Crippen LogP contribution in [0.5, 0.6) is 0 Å². The first-order valence-corrected chi connectivity index (χ1v) is 4.82. The van der Waals surface area contributed by atoms with Crippen LogP contribution >= 0.6 is 11.6 Å². The van der Waals surface area contributed by atoms with Crippen LogP contribution in [0.1, 0.15) is 12.8 Å². The number of alkyl halides is 1. The highest BCUT2D eigenvalue weighted by Gasteiger charge is 2.35. The number of carbonyl (C=O) groups excluding carboxylic acids is 1. The van der Waals surface area contributed by atoms with Crippen LogP contribution in [0.2, 0.25) is 0 Å². The lowest BCUT2D eigenvalue weighted by Crippen LogP contribution is -2.46. The van der Waals surface area contributed by atoms with Gasteiger partial charge in [0, 0.05) is 13.1 Å². The van der Waals surface area contributed by atoms with Crippen molar-refractivity contribution < 1.29 is 9.53 Å². The maximum atomic E-state index is 11.2. The molecular formula is C8H12ClNO2. The van der Waals surface area contributed by atoms with E-state index in [2.05, 4.69) is 0 Å². The summed E-state index contributed by atoms with van der Waals surface area (Å²) in [6.07, 6.45) is 2.74. The van der Waals surface area contributed by atoms with E-state index >= 15 is 0 Å². The van der Waals surface area contributed by atoms with Crippen molar-refractivity contribution in [3.8, 4) is 0 Å². The molecule has 0 aromatic rings. The third-order valence-electron chi connectivity index (χ3n) is 2.51. The van der Waals surface area contributed by atoms with Crippen LogP contribution in [0, 0.1) is 0 Å². The minimum Gasteiger partial charge on any atom is -0.371 e. The van der Waals surface area contributed by atoms with Gasteiger partial charge in [-0.05, 0) is 12.8 Å².